The van der Waals surface area contributed by atoms with E-state index in [9.17, 15) is 14.3 Å². The van der Waals surface area contributed by atoms with Crippen LogP contribution in [0, 0.1) is 11.2 Å². The van der Waals surface area contributed by atoms with Gasteiger partial charge < -0.3 is 10.4 Å². The maximum atomic E-state index is 13.0. The number of amides is 1. The van der Waals surface area contributed by atoms with Crippen molar-refractivity contribution in [3.8, 4) is 0 Å². The molecule has 3 nitrogen and oxygen atoms in total. The topological polar surface area (TPSA) is 49.3 Å². The Morgan fingerprint density at radius 3 is 2.58 bits per heavy atom. The van der Waals surface area contributed by atoms with Crippen LogP contribution in [-0.4, -0.2) is 17.1 Å². The monoisotopic (exact) mass is 267 g/mol. The van der Waals surface area contributed by atoms with Crippen molar-refractivity contribution in [2.45, 2.75) is 46.3 Å². The van der Waals surface area contributed by atoms with Crippen LogP contribution in [0.1, 0.15) is 45.8 Å². The summed E-state index contributed by atoms with van der Waals surface area (Å²) in [5.41, 5.74) is 0.373. The van der Waals surface area contributed by atoms with E-state index in [1.807, 2.05) is 27.7 Å². The number of carbonyl (C=O) groups is 1. The highest BCUT2D eigenvalue weighted by molar-refractivity contribution is 5.77. The summed E-state index contributed by atoms with van der Waals surface area (Å²) in [6.07, 6.45) is -1.05. The van der Waals surface area contributed by atoms with Gasteiger partial charge in [0.2, 0.25) is 5.91 Å². The fourth-order valence-electron chi connectivity index (χ4n) is 1.52. The van der Waals surface area contributed by atoms with Gasteiger partial charge in [-0.15, -0.1) is 0 Å². The summed E-state index contributed by atoms with van der Waals surface area (Å²) in [7, 11) is 0. The summed E-state index contributed by atoms with van der Waals surface area (Å²) in [4.78, 5) is 11.8. The highest BCUT2D eigenvalue weighted by atomic mass is 19.1. The van der Waals surface area contributed by atoms with Gasteiger partial charge in [-0.1, -0.05) is 32.9 Å². The SMILES string of the molecule is CC(NC(=O)CC(O)c1cccc(F)c1)C(C)(C)C. The van der Waals surface area contributed by atoms with Crippen molar-refractivity contribution in [2.75, 3.05) is 0 Å². The van der Waals surface area contributed by atoms with E-state index >= 15 is 0 Å². The molecule has 2 unspecified atom stereocenters. The molecule has 0 aliphatic heterocycles. The van der Waals surface area contributed by atoms with Gasteiger partial charge in [0.05, 0.1) is 12.5 Å². The van der Waals surface area contributed by atoms with E-state index < -0.39 is 11.9 Å². The van der Waals surface area contributed by atoms with E-state index in [2.05, 4.69) is 5.32 Å². The second kappa shape index (κ2) is 6.15. The molecule has 0 radical (unpaired) electrons. The number of aliphatic hydroxyl groups is 1. The quantitative estimate of drug-likeness (QED) is 0.881. The number of benzene rings is 1. The lowest BCUT2D eigenvalue weighted by Crippen LogP contribution is -2.41. The molecule has 19 heavy (non-hydrogen) atoms. The van der Waals surface area contributed by atoms with Gasteiger partial charge in [0.1, 0.15) is 5.82 Å². The smallest absolute Gasteiger partial charge is 0.223 e. The van der Waals surface area contributed by atoms with E-state index in [-0.39, 0.29) is 23.8 Å². The standard InChI is InChI=1S/C15H22FNO2/c1-10(15(2,3)4)17-14(19)9-13(18)11-6-5-7-12(16)8-11/h5-8,10,13,18H,9H2,1-4H3,(H,17,19). The number of nitrogens with one attached hydrogen (secondary N) is 1. The van der Waals surface area contributed by atoms with E-state index in [4.69, 9.17) is 0 Å². The van der Waals surface area contributed by atoms with Gasteiger partial charge in [-0.25, -0.2) is 4.39 Å². The van der Waals surface area contributed by atoms with Gasteiger partial charge in [0.25, 0.3) is 0 Å². The number of rotatable bonds is 4. The number of aliphatic hydroxyl groups excluding tert-OH is 1. The Kier molecular flexibility index (Phi) is 5.06. The molecular formula is C15H22FNO2. The van der Waals surface area contributed by atoms with Crippen molar-refractivity contribution < 1.29 is 14.3 Å². The lowest BCUT2D eigenvalue weighted by molar-refractivity contribution is -0.124. The van der Waals surface area contributed by atoms with Crippen molar-refractivity contribution in [1.29, 1.82) is 0 Å². The third kappa shape index (κ3) is 4.99. The van der Waals surface area contributed by atoms with Crippen molar-refractivity contribution in [3.63, 3.8) is 0 Å². The van der Waals surface area contributed by atoms with Gasteiger partial charge in [-0.2, -0.15) is 0 Å². The Labute approximate surface area is 113 Å². The third-order valence-corrected chi connectivity index (χ3v) is 3.29. The number of hydrogen-bond donors (Lipinski definition) is 2. The first-order valence-corrected chi connectivity index (χ1v) is 6.43. The number of hydrogen-bond acceptors (Lipinski definition) is 2. The number of carbonyl (C=O) groups excluding carboxylic acids is 1. The number of halogens is 1. The molecule has 0 aliphatic rings. The Balaban J connectivity index is 2.58. The summed E-state index contributed by atoms with van der Waals surface area (Å²) < 4.78 is 13.0. The molecule has 0 aromatic heterocycles. The summed E-state index contributed by atoms with van der Waals surface area (Å²) in [5, 5.41) is 12.7. The Hall–Kier alpha value is -1.42. The Morgan fingerprint density at radius 2 is 2.05 bits per heavy atom. The molecule has 1 aromatic rings. The predicted octanol–water partition coefficient (Wildman–Crippen LogP) is 2.80. The first-order chi connectivity index (χ1) is 8.70. The maximum Gasteiger partial charge on any atom is 0.223 e. The van der Waals surface area contributed by atoms with E-state index in [1.165, 1.54) is 18.2 Å². The van der Waals surface area contributed by atoms with Crippen LogP contribution in [0.15, 0.2) is 24.3 Å². The van der Waals surface area contributed by atoms with Gasteiger partial charge >= 0.3 is 0 Å². The molecule has 0 saturated heterocycles. The molecule has 1 aromatic carbocycles. The summed E-state index contributed by atoms with van der Waals surface area (Å²) in [6, 6.07) is 5.67. The molecule has 2 atom stereocenters. The maximum absolute atomic E-state index is 13.0. The lowest BCUT2D eigenvalue weighted by Gasteiger charge is -2.28. The lowest BCUT2D eigenvalue weighted by atomic mass is 9.88. The van der Waals surface area contributed by atoms with Gasteiger partial charge in [0.15, 0.2) is 0 Å². The minimum absolute atomic E-state index is 0.000269. The van der Waals surface area contributed by atoms with Crippen molar-refractivity contribution in [1.82, 2.24) is 5.32 Å². The largest absolute Gasteiger partial charge is 0.388 e. The molecule has 0 spiro atoms. The van der Waals surface area contributed by atoms with E-state index in [0.29, 0.717) is 5.56 Å². The molecule has 106 valence electrons. The second-order valence-corrected chi connectivity index (χ2v) is 5.93. The van der Waals surface area contributed by atoms with Crippen molar-refractivity contribution in [2.24, 2.45) is 5.41 Å². The second-order valence-electron chi connectivity index (χ2n) is 5.93. The normalized spacial score (nSPS) is 14.8. The van der Waals surface area contributed by atoms with E-state index in [0.717, 1.165) is 0 Å². The van der Waals surface area contributed by atoms with Crippen LogP contribution >= 0.6 is 0 Å². The molecule has 0 aliphatic carbocycles. The van der Waals surface area contributed by atoms with Gasteiger partial charge in [-0.3, -0.25) is 4.79 Å². The highest BCUT2D eigenvalue weighted by Gasteiger charge is 2.23. The molecule has 4 heteroatoms. The van der Waals surface area contributed by atoms with Crippen molar-refractivity contribution in [3.05, 3.63) is 35.6 Å². The third-order valence-electron chi connectivity index (χ3n) is 3.29. The molecule has 2 N–H and O–H groups in total. The molecule has 1 amide bonds. The Morgan fingerprint density at radius 1 is 1.42 bits per heavy atom. The molecule has 0 bridgehead atoms. The highest BCUT2D eigenvalue weighted by Crippen LogP contribution is 2.20. The Bertz CT molecular complexity index is 440. The van der Waals surface area contributed by atoms with Crippen LogP contribution in [0.4, 0.5) is 4.39 Å². The van der Waals surface area contributed by atoms with Crippen LogP contribution in [0.2, 0.25) is 0 Å². The zero-order valence-electron chi connectivity index (χ0n) is 11.9. The fourth-order valence-corrected chi connectivity index (χ4v) is 1.52. The van der Waals surface area contributed by atoms with Crippen LogP contribution in [0.5, 0.6) is 0 Å². The minimum Gasteiger partial charge on any atom is -0.388 e. The molecule has 0 saturated carbocycles. The fraction of sp³-hybridized carbons (Fsp3) is 0.533. The van der Waals surface area contributed by atoms with Gasteiger partial charge in [0, 0.05) is 6.04 Å². The van der Waals surface area contributed by atoms with Crippen LogP contribution in [-0.2, 0) is 4.79 Å². The predicted molar refractivity (Wildman–Crippen MR) is 73.0 cm³/mol. The molecular weight excluding hydrogens is 245 g/mol. The minimum atomic E-state index is -0.983. The summed E-state index contributed by atoms with van der Waals surface area (Å²) >= 11 is 0. The first-order valence-electron chi connectivity index (χ1n) is 6.43. The van der Waals surface area contributed by atoms with Crippen LogP contribution in [0.25, 0.3) is 0 Å². The molecule has 0 fully saturated rings. The van der Waals surface area contributed by atoms with Crippen LogP contribution in [0.3, 0.4) is 0 Å². The average molecular weight is 267 g/mol. The van der Waals surface area contributed by atoms with Crippen LogP contribution < -0.4 is 5.32 Å². The summed E-state index contributed by atoms with van der Waals surface area (Å²) in [6.45, 7) is 8.01. The molecule has 1 rings (SSSR count). The average Bonchev–Trinajstić information content (AvgIpc) is 2.27. The zero-order chi connectivity index (χ0) is 14.6. The van der Waals surface area contributed by atoms with Crippen molar-refractivity contribution >= 4 is 5.91 Å². The zero-order valence-corrected chi connectivity index (χ0v) is 11.9. The summed E-state index contributed by atoms with van der Waals surface area (Å²) in [5.74, 6) is -0.654. The first kappa shape index (κ1) is 15.6. The van der Waals surface area contributed by atoms with E-state index in [1.54, 1.807) is 6.07 Å². The van der Waals surface area contributed by atoms with Gasteiger partial charge in [-0.05, 0) is 30.0 Å². The molecule has 0 heterocycles.